The molecule has 0 amide bonds. The maximum Gasteiger partial charge on any atom is 0.142 e. The summed E-state index contributed by atoms with van der Waals surface area (Å²) in [6, 6.07) is 5.04. The predicted molar refractivity (Wildman–Crippen MR) is 67.7 cm³/mol. The van der Waals surface area contributed by atoms with Crippen LogP contribution in [0.1, 0.15) is 24.9 Å². The number of benzene rings is 1. The van der Waals surface area contributed by atoms with E-state index in [1.807, 2.05) is 13.0 Å². The largest absolute Gasteiger partial charge is 0.378 e. The molecule has 3 N–H and O–H groups in total. The van der Waals surface area contributed by atoms with Crippen LogP contribution in [0.4, 0.5) is 4.39 Å². The number of halogens is 2. The Morgan fingerprint density at radius 2 is 2.35 bits per heavy atom. The zero-order chi connectivity index (χ0) is 12.4. The van der Waals surface area contributed by atoms with Crippen LogP contribution in [0.2, 0.25) is 0 Å². The second kappa shape index (κ2) is 5.44. The minimum atomic E-state index is -0.255. The second-order valence-corrected chi connectivity index (χ2v) is 5.17. The lowest BCUT2D eigenvalue weighted by molar-refractivity contribution is 0.0949. The first-order valence-corrected chi connectivity index (χ1v) is 6.46. The molecule has 1 aromatic rings. The van der Waals surface area contributed by atoms with E-state index >= 15 is 0 Å². The maximum absolute atomic E-state index is 14.0. The molecular formula is C12H16BrFN2O. The molecule has 1 aromatic carbocycles. The van der Waals surface area contributed by atoms with Crippen LogP contribution in [0.3, 0.4) is 0 Å². The summed E-state index contributed by atoms with van der Waals surface area (Å²) < 4.78 is 20.0. The molecule has 3 atom stereocenters. The van der Waals surface area contributed by atoms with Gasteiger partial charge in [-0.1, -0.05) is 12.1 Å². The van der Waals surface area contributed by atoms with E-state index in [4.69, 9.17) is 10.6 Å². The van der Waals surface area contributed by atoms with Crippen molar-refractivity contribution in [1.29, 1.82) is 0 Å². The molecule has 17 heavy (non-hydrogen) atoms. The fraction of sp³-hybridized carbons (Fsp3) is 0.500. The van der Waals surface area contributed by atoms with Crippen LogP contribution < -0.4 is 11.3 Å². The molecule has 1 saturated heterocycles. The molecule has 3 nitrogen and oxygen atoms in total. The normalized spacial score (nSPS) is 26.1. The quantitative estimate of drug-likeness (QED) is 0.666. The van der Waals surface area contributed by atoms with Crippen molar-refractivity contribution in [2.24, 2.45) is 11.8 Å². The highest BCUT2D eigenvalue weighted by atomic mass is 79.9. The van der Waals surface area contributed by atoms with Crippen molar-refractivity contribution in [3.8, 4) is 0 Å². The molecule has 3 unspecified atom stereocenters. The minimum Gasteiger partial charge on any atom is -0.378 e. The summed E-state index contributed by atoms with van der Waals surface area (Å²) in [6.45, 7) is 2.71. The summed E-state index contributed by atoms with van der Waals surface area (Å²) >= 11 is 3.19. The molecule has 94 valence electrons. The molecule has 2 rings (SSSR count). The zero-order valence-corrected chi connectivity index (χ0v) is 11.2. The van der Waals surface area contributed by atoms with Gasteiger partial charge in [0.2, 0.25) is 0 Å². The molecule has 0 bridgehead atoms. The van der Waals surface area contributed by atoms with Gasteiger partial charge >= 0.3 is 0 Å². The third-order valence-electron chi connectivity index (χ3n) is 3.36. The molecule has 0 aromatic heterocycles. The monoisotopic (exact) mass is 302 g/mol. The smallest absolute Gasteiger partial charge is 0.142 e. The van der Waals surface area contributed by atoms with Gasteiger partial charge in [-0.25, -0.2) is 4.39 Å². The van der Waals surface area contributed by atoms with Crippen LogP contribution >= 0.6 is 15.9 Å². The highest BCUT2D eigenvalue weighted by Gasteiger charge is 2.33. The average Bonchev–Trinajstić information content (AvgIpc) is 2.72. The van der Waals surface area contributed by atoms with Gasteiger partial charge in [0.05, 0.1) is 16.6 Å². The van der Waals surface area contributed by atoms with Gasteiger partial charge in [0.1, 0.15) is 5.82 Å². The van der Waals surface area contributed by atoms with Crippen molar-refractivity contribution in [1.82, 2.24) is 5.43 Å². The fourth-order valence-corrected chi connectivity index (χ4v) is 2.77. The van der Waals surface area contributed by atoms with E-state index in [-0.39, 0.29) is 23.9 Å². The van der Waals surface area contributed by atoms with E-state index in [1.165, 1.54) is 0 Å². The molecule has 1 aliphatic rings. The molecule has 0 spiro atoms. The van der Waals surface area contributed by atoms with Crippen molar-refractivity contribution in [2.45, 2.75) is 25.5 Å². The Morgan fingerprint density at radius 1 is 1.59 bits per heavy atom. The number of nitrogens with one attached hydrogen (secondary N) is 1. The lowest BCUT2D eigenvalue weighted by Crippen LogP contribution is -2.36. The number of hydrogen-bond acceptors (Lipinski definition) is 3. The van der Waals surface area contributed by atoms with E-state index in [0.717, 1.165) is 6.42 Å². The summed E-state index contributed by atoms with van der Waals surface area (Å²) in [4.78, 5) is 0. The second-order valence-electron chi connectivity index (χ2n) is 4.32. The molecule has 5 heteroatoms. The number of hydrogen-bond donors (Lipinski definition) is 2. The molecule has 0 saturated carbocycles. The first-order chi connectivity index (χ1) is 8.15. The Hall–Kier alpha value is -0.490. The van der Waals surface area contributed by atoms with E-state index in [0.29, 0.717) is 16.6 Å². The van der Waals surface area contributed by atoms with Crippen molar-refractivity contribution in [2.75, 3.05) is 6.61 Å². The van der Waals surface area contributed by atoms with Crippen LogP contribution in [0.5, 0.6) is 0 Å². The highest BCUT2D eigenvalue weighted by molar-refractivity contribution is 9.10. The molecular weight excluding hydrogens is 287 g/mol. The number of rotatable bonds is 3. The molecule has 1 aliphatic heterocycles. The first-order valence-electron chi connectivity index (χ1n) is 5.66. The first kappa shape index (κ1) is 13.0. The molecule has 0 aliphatic carbocycles. The average molecular weight is 303 g/mol. The standard InChI is InChI=1S/C12H16BrFN2O/c1-7-8(5-6-17-7)12(16-15)9-3-2-4-10(13)11(9)14/h2-4,7-8,12,16H,5-6,15H2,1H3. The lowest BCUT2D eigenvalue weighted by Gasteiger charge is -2.26. The number of ether oxygens (including phenoxy) is 1. The summed E-state index contributed by atoms with van der Waals surface area (Å²) in [5.41, 5.74) is 3.31. The van der Waals surface area contributed by atoms with Gasteiger partial charge < -0.3 is 4.74 Å². The van der Waals surface area contributed by atoms with Gasteiger partial charge in [-0.2, -0.15) is 0 Å². The van der Waals surface area contributed by atoms with Gasteiger partial charge in [-0.05, 0) is 35.3 Å². The van der Waals surface area contributed by atoms with Crippen molar-refractivity contribution in [3.05, 3.63) is 34.1 Å². The summed E-state index contributed by atoms with van der Waals surface area (Å²) in [5, 5.41) is 0. The van der Waals surface area contributed by atoms with E-state index in [9.17, 15) is 4.39 Å². The Morgan fingerprint density at radius 3 is 2.94 bits per heavy atom. The molecule has 1 heterocycles. The number of nitrogens with two attached hydrogens (primary N) is 1. The highest BCUT2D eigenvalue weighted by Crippen LogP contribution is 2.35. The van der Waals surface area contributed by atoms with Crippen molar-refractivity contribution < 1.29 is 9.13 Å². The molecule has 1 fully saturated rings. The Kier molecular flexibility index (Phi) is 4.14. The summed E-state index contributed by atoms with van der Waals surface area (Å²) in [7, 11) is 0. The Balaban J connectivity index is 2.31. The summed E-state index contributed by atoms with van der Waals surface area (Å²) in [6.07, 6.45) is 0.983. The van der Waals surface area contributed by atoms with Gasteiger partial charge in [0.25, 0.3) is 0 Å². The lowest BCUT2D eigenvalue weighted by atomic mass is 9.88. The zero-order valence-electron chi connectivity index (χ0n) is 9.62. The van der Waals surface area contributed by atoms with Gasteiger partial charge in [-0.15, -0.1) is 0 Å². The minimum absolute atomic E-state index is 0.0921. The van der Waals surface area contributed by atoms with Crippen LogP contribution in [0.25, 0.3) is 0 Å². The van der Waals surface area contributed by atoms with Crippen LogP contribution in [-0.4, -0.2) is 12.7 Å². The van der Waals surface area contributed by atoms with E-state index in [2.05, 4.69) is 21.4 Å². The third kappa shape index (κ3) is 2.52. The molecule has 0 radical (unpaired) electrons. The topological polar surface area (TPSA) is 47.3 Å². The van der Waals surface area contributed by atoms with Crippen LogP contribution in [0, 0.1) is 11.7 Å². The van der Waals surface area contributed by atoms with Crippen molar-refractivity contribution in [3.63, 3.8) is 0 Å². The SMILES string of the molecule is CC1OCCC1C(NN)c1cccc(Br)c1F. The Labute approximate surface area is 109 Å². The van der Waals surface area contributed by atoms with E-state index in [1.54, 1.807) is 12.1 Å². The fourth-order valence-electron chi connectivity index (χ4n) is 2.39. The predicted octanol–water partition coefficient (Wildman–Crippen LogP) is 2.52. The van der Waals surface area contributed by atoms with Crippen LogP contribution in [-0.2, 0) is 4.74 Å². The van der Waals surface area contributed by atoms with E-state index < -0.39 is 0 Å². The van der Waals surface area contributed by atoms with Gasteiger partial charge in [-0.3, -0.25) is 11.3 Å². The van der Waals surface area contributed by atoms with Gasteiger partial charge in [0, 0.05) is 18.1 Å². The van der Waals surface area contributed by atoms with Crippen molar-refractivity contribution >= 4 is 15.9 Å². The van der Waals surface area contributed by atoms with Crippen LogP contribution in [0.15, 0.2) is 22.7 Å². The third-order valence-corrected chi connectivity index (χ3v) is 3.97. The van der Waals surface area contributed by atoms with Gasteiger partial charge in [0.15, 0.2) is 0 Å². The number of hydrazine groups is 1. The summed E-state index contributed by atoms with van der Waals surface area (Å²) in [5.74, 6) is 5.52. The Bertz CT molecular complexity index is 402. The maximum atomic E-state index is 14.0.